The first-order chi connectivity index (χ1) is 10.4. The van der Waals surface area contributed by atoms with E-state index in [9.17, 15) is 4.79 Å². The Morgan fingerprint density at radius 3 is 2.86 bits per heavy atom. The van der Waals surface area contributed by atoms with Crippen molar-refractivity contribution in [1.82, 2.24) is 5.01 Å². The molecule has 6 nitrogen and oxygen atoms in total. The molecule has 1 aliphatic heterocycles. The third-order valence-electron chi connectivity index (χ3n) is 2.78. The summed E-state index contributed by atoms with van der Waals surface area (Å²) >= 11 is 0. The summed E-state index contributed by atoms with van der Waals surface area (Å²) in [7, 11) is 0. The number of para-hydroxylation sites is 1. The van der Waals surface area contributed by atoms with Gasteiger partial charge in [-0.15, -0.1) is 0 Å². The topological polar surface area (TPSA) is 63.2 Å². The minimum absolute atomic E-state index is 0.253. The van der Waals surface area contributed by atoms with Gasteiger partial charge in [0.05, 0.1) is 12.2 Å². The number of anilines is 1. The van der Waals surface area contributed by atoms with E-state index < -0.39 is 11.7 Å². The maximum atomic E-state index is 12.2. The van der Waals surface area contributed by atoms with Crippen molar-refractivity contribution in [3.05, 3.63) is 42.5 Å². The number of benzene rings is 1. The van der Waals surface area contributed by atoms with Gasteiger partial charge < -0.3 is 9.57 Å². The molecule has 1 N–H and O–H groups in total. The predicted molar refractivity (Wildman–Crippen MR) is 85.7 cm³/mol. The zero-order chi connectivity index (χ0) is 16.2. The first-order valence-corrected chi connectivity index (χ1v) is 7.07. The van der Waals surface area contributed by atoms with Crippen molar-refractivity contribution in [2.45, 2.75) is 26.4 Å². The highest BCUT2D eigenvalue weighted by Crippen LogP contribution is 2.23. The van der Waals surface area contributed by atoms with Crippen LogP contribution in [0.2, 0.25) is 0 Å². The van der Waals surface area contributed by atoms with E-state index >= 15 is 0 Å². The van der Waals surface area contributed by atoms with Crippen LogP contribution in [-0.4, -0.2) is 35.6 Å². The van der Waals surface area contributed by atoms with Crippen LogP contribution in [0.15, 0.2) is 42.1 Å². The number of fused-ring (bicyclic) bond motifs is 1. The number of carbonyl (C=O) groups excluding carboxylic acids is 1. The van der Waals surface area contributed by atoms with Crippen molar-refractivity contribution in [3.63, 3.8) is 0 Å². The minimum Gasteiger partial charge on any atom is -0.442 e. The second-order valence-corrected chi connectivity index (χ2v) is 5.85. The lowest BCUT2D eigenvalue weighted by Crippen LogP contribution is -2.46. The van der Waals surface area contributed by atoms with Crippen LogP contribution in [0.4, 0.5) is 10.5 Å². The van der Waals surface area contributed by atoms with Crippen molar-refractivity contribution in [2.75, 3.05) is 18.6 Å². The zero-order valence-electron chi connectivity index (χ0n) is 13.1. The second kappa shape index (κ2) is 6.51. The molecule has 1 amide bonds. The van der Waals surface area contributed by atoms with E-state index in [0.717, 1.165) is 11.3 Å². The highest BCUT2D eigenvalue weighted by molar-refractivity contribution is 6.08. The van der Waals surface area contributed by atoms with Crippen LogP contribution < -0.4 is 5.43 Å². The molecule has 1 heterocycles. The fraction of sp³-hybridized carbons (Fsp3) is 0.375. The zero-order valence-corrected chi connectivity index (χ0v) is 13.1. The fourth-order valence-electron chi connectivity index (χ4n) is 1.93. The first-order valence-electron chi connectivity index (χ1n) is 7.07. The quantitative estimate of drug-likeness (QED) is 0.529. The van der Waals surface area contributed by atoms with E-state index in [1.54, 1.807) is 6.08 Å². The van der Waals surface area contributed by atoms with E-state index in [1.165, 1.54) is 5.01 Å². The Kier molecular flexibility index (Phi) is 4.70. The molecule has 0 aliphatic carbocycles. The summed E-state index contributed by atoms with van der Waals surface area (Å²) < 4.78 is 5.38. The molecule has 1 aliphatic rings. The number of hydrazine groups is 1. The molecule has 1 aromatic carbocycles. The maximum absolute atomic E-state index is 12.2. The summed E-state index contributed by atoms with van der Waals surface area (Å²) in [5.41, 5.74) is 4.81. The normalized spacial score (nSPS) is 15.8. The molecule has 118 valence electrons. The van der Waals surface area contributed by atoms with Crippen LogP contribution in [0, 0.1) is 0 Å². The Hall–Kier alpha value is -2.50. The molecule has 0 saturated carbocycles. The van der Waals surface area contributed by atoms with E-state index in [2.05, 4.69) is 17.2 Å². The third-order valence-corrected chi connectivity index (χ3v) is 2.78. The van der Waals surface area contributed by atoms with E-state index in [-0.39, 0.29) is 6.54 Å². The minimum atomic E-state index is -0.563. The van der Waals surface area contributed by atoms with E-state index in [4.69, 9.17) is 9.57 Å². The van der Waals surface area contributed by atoms with Crippen LogP contribution in [0.1, 0.15) is 26.3 Å². The molecule has 0 bridgehead atoms. The second-order valence-electron chi connectivity index (χ2n) is 5.85. The average molecular weight is 303 g/mol. The Labute approximate surface area is 130 Å². The molecular formula is C16H21N3O3. The monoisotopic (exact) mass is 303 g/mol. The van der Waals surface area contributed by atoms with Gasteiger partial charge in [0, 0.05) is 5.56 Å². The molecular weight excluding hydrogens is 282 g/mol. The van der Waals surface area contributed by atoms with Crippen LogP contribution in [0.3, 0.4) is 0 Å². The van der Waals surface area contributed by atoms with Gasteiger partial charge in [0.25, 0.3) is 0 Å². The molecule has 0 fully saturated rings. The smallest absolute Gasteiger partial charge is 0.429 e. The number of nitrogens with one attached hydrogen (secondary N) is 1. The number of hydrogen-bond acceptors (Lipinski definition) is 5. The third kappa shape index (κ3) is 4.00. The van der Waals surface area contributed by atoms with Crippen molar-refractivity contribution in [1.29, 1.82) is 0 Å². The largest absolute Gasteiger partial charge is 0.442 e. The number of ether oxygens (including phenoxy) is 1. The molecule has 0 radical (unpaired) electrons. The van der Waals surface area contributed by atoms with Gasteiger partial charge in [-0.05, 0) is 26.8 Å². The molecule has 0 unspecified atom stereocenters. The molecule has 22 heavy (non-hydrogen) atoms. The number of amides is 1. The lowest BCUT2D eigenvalue weighted by molar-refractivity contribution is 0.0318. The van der Waals surface area contributed by atoms with Crippen LogP contribution in [0.5, 0.6) is 0 Å². The molecule has 2 rings (SSSR count). The Bertz CT molecular complexity index is 591. The Morgan fingerprint density at radius 2 is 2.18 bits per heavy atom. The molecule has 0 saturated heterocycles. The van der Waals surface area contributed by atoms with Gasteiger partial charge in [0.1, 0.15) is 17.9 Å². The van der Waals surface area contributed by atoms with Gasteiger partial charge in [-0.25, -0.2) is 9.80 Å². The summed E-state index contributed by atoms with van der Waals surface area (Å²) in [5, 5.41) is 5.48. The molecule has 0 aromatic heterocycles. The summed E-state index contributed by atoms with van der Waals surface area (Å²) in [4.78, 5) is 17.4. The van der Waals surface area contributed by atoms with Crippen molar-refractivity contribution in [2.24, 2.45) is 5.16 Å². The van der Waals surface area contributed by atoms with Crippen LogP contribution >= 0.6 is 0 Å². The Morgan fingerprint density at radius 1 is 1.45 bits per heavy atom. The standard InChI is InChI=1S/C16H21N3O3/c1-5-10-21-18-14-11-19(15(20)22-16(2,3)4)17-13-9-7-6-8-12(13)14/h5-9,17H,1,10-11H2,2-4H3/b18-14+. The summed E-state index contributed by atoms with van der Waals surface area (Å²) in [6.45, 7) is 9.62. The lowest BCUT2D eigenvalue weighted by atomic mass is 10.1. The maximum Gasteiger partial charge on any atom is 0.429 e. The van der Waals surface area contributed by atoms with Gasteiger partial charge in [0.15, 0.2) is 0 Å². The first kappa shape index (κ1) is 15.9. The molecule has 0 atom stereocenters. The van der Waals surface area contributed by atoms with E-state index in [0.29, 0.717) is 12.3 Å². The van der Waals surface area contributed by atoms with Crippen molar-refractivity contribution in [3.8, 4) is 0 Å². The SMILES string of the molecule is C=CCO/N=C1\CN(C(=O)OC(C)(C)C)Nc2ccccc21. The van der Waals surface area contributed by atoms with E-state index in [1.807, 2.05) is 45.0 Å². The van der Waals surface area contributed by atoms with Crippen molar-refractivity contribution < 1.29 is 14.4 Å². The van der Waals surface area contributed by atoms with Crippen LogP contribution in [0.25, 0.3) is 0 Å². The van der Waals surface area contributed by atoms with Crippen LogP contribution in [-0.2, 0) is 9.57 Å². The predicted octanol–water partition coefficient (Wildman–Crippen LogP) is 3.17. The number of carbonyl (C=O) groups is 1. The van der Waals surface area contributed by atoms with Gasteiger partial charge >= 0.3 is 6.09 Å². The van der Waals surface area contributed by atoms with Gasteiger partial charge in [-0.3, -0.25) is 5.43 Å². The van der Waals surface area contributed by atoms with Gasteiger partial charge in [0.2, 0.25) is 0 Å². The van der Waals surface area contributed by atoms with Gasteiger partial charge in [-0.2, -0.15) is 0 Å². The summed E-state index contributed by atoms with van der Waals surface area (Å²) in [6.07, 6.45) is 1.15. The number of nitrogens with zero attached hydrogens (tertiary/aromatic N) is 2. The highest BCUT2D eigenvalue weighted by atomic mass is 16.6. The summed E-state index contributed by atoms with van der Waals surface area (Å²) in [5.74, 6) is 0. The average Bonchev–Trinajstić information content (AvgIpc) is 2.45. The molecule has 1 aromatic rings. The molecule has 0 spiro atoms. The summed E-state index contributed by atoms with van der Waals surface area (Å²) in [6, 6.07) is 7.58. The lowest BCUT2D eigenvalue weighted by Gasteiger charge is -2.32. The fourth-order valence-corrected chi connectivity index (χ4v) is 1.93. The Balaban J connectivity index is 2.22. The highest BCUT2D eigenvalue weighted by Gasteiger charge is 2.28. The number of rotatable bonds is 3. The molecule has 6 heteroatoms. The van der Waals surface area contributed by atoms with Crippen molar-refractivity contribution >= 4 is 17.5 Å². The van der Waals surface area contributed by atoms with Gasteiger partial charge in [-0.1, -0.05) is 36.0 Å². The number of hydrogen-bond donors (Lipinski definition) is 1. The number of oxime groups is 1.